The quantitative estimate of drug-likeness (QED) is 0.586. The minimum absolute atomic E-state index is 0.157. The average molecular weight is 206 g/mol. The molecule has 0 spiro atoms. The van der Waals surface area contributed by atoms with Crippen LogP contribution >= 0.6 is 0 Å². The summed E-state index contributed by atoms with van der Waals surface area (Å²) in [4.78, 5) is 0. The lowest BCUT2D eigenvalue weighted by Crippen LogP contribution is -1.88. The van der Waals surface area contributed by atoms with Gasteiger partial charge in [0.15, 0.2) is 0 Å². The molecular weight excluding hydrogens is 188 g/mol. The van der Waals surface area contributed by atoms with Gasteiger partial charge in [0, 0.05) is 6.07 Å². The molecule has 0 radical (unpaired) electrons. The molecular formula is C13H18O2. The fraction of sp³-hybridized carbons (Fsp3) is 0.385. The Morgan fingerprint density at radius 1 is 1.20 bits per heavy atom. The molecule has 0 aliphatic heterocycles. The molecule has 0 heterocycles. The molecule has 0 saturated carbocycles. The Hall–Kier alpha value is -1.44. The zero-order valence-corrected chi connectivity index (χ0v) is 9.33. The molecule has 2 nitrogen and oxygen atoms in total. The number of hydrogen-bond donors (Lipinski definition) is 2. The maximum atomic E-state index is 9.59. The van der Waals surface area contributed by atoms with E-state index in [1.165, 1.54) is 6.07 Å². The Bertz CT molecular complexity index is 354. The zero-order valence-electron chi connectivity index (χ0n) is 9.33. The third kappa shape index (κ3) is 3.31. The second-order valence-corrected chi connectivity index (χ2v) is 3.73. The fourth-order valence-electron chi connectivity index (χ4n) is 1.52. The lowest BCUT2D eigenvalue weighted by atomic mass is 10.0. The maximum Gasteiger partial charge on any atom is 0.122 e. The molecule has 82 valence electrons. The number of aryl methyl sites for hydroxylation is 2. The predicted octanol–water partition coefficient (Wildman–Crippen LogP) is 3.31. The van der Waals surface area contributed by atoms with E-state index in [1.54, 1.807) is 0 Å². The second-order valence-electron chi connectivity index (χ2n) is 3.73. The highest BCUT2D eigenvalue weighted by Gasteiger charge is 2.04. The van der Waals surface area contributed by atoms with Crippen LogP contribution in [0.1, 0.15) is 30.9 Å². The van der Waals surface area contributed by atoms with Crippen molar-refractivity contribution in [3.05, 3.63) is 35.4 Å². The molecule has 15 heavy (non-hydrogen) atoms. The molecule has 0 atom stereocenters. The SMILES string of the molecule is C/C=C/CCCc1cc(C)c(O)cc1O. The van der Waals surface area contributed by atoms with Gasteiger partial charge in [-0.25, -0.2) is 0 Å². The summed E-state index contributed by atoms with van der Waals surface area (Å²) in [7, 11) is 0. The first kappa shape index (κ1) is 11.6. The molecule has 0 aromatic heterocycles. The number of phenolic OH excluding ortho intramolecular Hbond substituents is 2. The summed E-state index contributed by atoms with van der Waals surface area (Å²) in [6.07, 6.45) is 7.03. The highest BCUT2D eigenvalue weighted by Crippen LogP contribution is 2.27. The van der Waals surface area contributed by atoms with Crippen LogP contribution in [0.5, 0.6) is 11.5 Å². The van der Waals surface area contributed by atoms with E-state index in [1.807, 2.05) is 26.0 Å². The molecule has 0 unspecified atom stereocenters. The van der Waals surface area contributed by atoms with Gasteiger partial charge in [-0.2, -0.15) is 0 Å². The molecule has 0 aliphatic rings. The van der Waals surface area contributed by atoms with Crippen LogP contribution in [0, 0.1) is 6.92 Å². The Morgan fingerprint density at radius 2 is 1.93 bits per heavy atom. The highest BCUT2D eigenvalue weighted by molar-refractivity contribution is 5.44. The summed E-state index contributed by atoms with van der Waals surface area (Å²) < 4.78 is 0. The van der Waals surface area contributed by atoms with E-state index < -0.39 is 0 Å². The minimum atomic E-state index is 0.157. The number of benzene rings is 1. The van der Waals surface area contributed by atoms with Crippen molar-refractivity contribution in [1.82, 2.24) is 0 Å². The smallest absolute Gasteiger partial charge is 0.122 e. The molecule has 0 aliphatic carbocycles. The van der Waals surface area contributed by atoms with Crippen LogP contribution in [-0.2, 0) is 6.42 Å². The van der Waals surface area contributed by atoms with Gasteiger partial charge in [-0.15, -0.1) is 0 Å². The van der Waals surface area contributed by atoms with Crippen LogP contribution < -0.4 is 0 Å². The molecule has 0 amide bonds. The summed E-state index contributed by atoms with van der Waals surface area (Å²) in [6, 6.07) is 3.26. The van der Waals surface area contributed by atoms with E-state index in [4.69, 9.17) is 0 Å². The van der Waals surface area contributed by atoms with Gasteiger partial charge in [-0.1, -0.05) is 12.2 Å². The Morgan fingerprint density at radius 3 is 2.60 bits per heavy atom. The molecule has 0 saturated heterocycles. The van der Waals surface area contributed by atoms with Crippen molar-refractivity contribution in [2.45, 2.75) is 33.1 Å². The van der Waals surface area contributed by atoms with Gasteiger partial charge >= 0.3 is 0 Å². The van der Waals surface area contributed by atoms with Crippen molar-refractivity contribution in [1.29, 1.82) is 0 Å². The first-order chi connectivity index (χ1) is 7.15. The number of allylic oxidation sites excluding steroid dienone is 2. The third-order valence-corrected chi connectivity index (χ3v) is 2.45. The number of phenols is 2. The third-order valence-electron chi connectivity index (χ3n) is 2.45. The van der Waals surface area contributed by atoms with Gasteiger partial charge in [-0.3, -0.25) is 0 Å². The minimum Gasteiger partial charge on any atom is -0.508 e. The molecule has 0 fully saturated rings. The summed E-state index contributed by atoms with van der Waals surface area (Å²) in [5.74, 6) is 0.350. The van der Waals surface area contributed by atoms with Crippen LogP contribution in [0.15, 0.2) is 24.3 Å². The molecule has 1 aromatic carbocycles. The Kier molecular flexibility index (Phi) is 4.22. The van der Waals surface area contributed by atoms with Crippen molar-refractivity contribution in [3.63, 3.8) is 0 Å². The Labute approximate surface area is 90.9 Å². The lowest BCUT2D eigenvalue weighted by molar-refractivity contribution is 0.443. The molecule has 2 N–H and O–H groups in total. The van der Waals surface area contributed by atoms with E-state index >= 15 is 0 Å². The first-order valence-electron chi connectivity index (χ1n) is 5.27. The summed E-state index contributed by atoms with van der Waals surface area (Å²) in [5.41, 5.74) is 1.73. The Balaban J connectivity index is 2.65. The topological polar surface area (TPSA) is 40.5 Å². The summed E-state index contributed by atoms with van der Waals surface area (Å²) in [5, 5.41) is 19.0. The number of hydrogen-bond acceptors (Lipinski definition) is 2. The molecule has 1 rings (SSSR count). The number of unbranched alkanes of at least 4 members (excludes halogenated alkanes) is 1. The summed E-state index contributed by atoms with van der Waals surface area (Å²) >= 11 is 0. The lowest BCUT2D eigenvalue weighted by Gasteiger charge is -2.06. The van der Waals surface area contributed by atoms with Crippen LogP contribution in [-0.4, -0.2) is 10.2 Å². The van der Waals surface area contributed by atoms with Gasteiger partial charge in [0.05, 0.1) is 0 Å². The average Bonchev–Trinajstić information content (AvgIpc) is 2.20. The fourth-order valence-corrected chi connectivity index (χ4v) is 1.52. The number of rotatable bonds is 4. The standard InChI is InChI=1S/C13H18O2/c1-3-4-5-6-7-11-8-10(2)12(14)9-13(11)15/h3-4,8-9,14-15H,5-7H2,1-2H3/b4-3+. The highest BCUT2D eigenvalue weighted by atomic mass is 16.3. The van der Waals surface area contributed by atoms with Gasteiger partial charge in [0.25, 0.3) is 0 Å². The van der Waals surface area contributed by atoms with E-state index in [0.29, 0.717) is 0 Å². The zero-order chi connectivity index (χ0) is 11.3. The molecule has 2 heteroatoms. The normalized spacial score (nSPS) is 11.1. The van der Waals surface area contributed by atoms with Crippen molar-refractivity contribution in [3.8, 4) is 11.5 Å². The van der Waals surface area contributed by atoms with Gasteiger partial charge in [-0.05, 0) is 50.3 Å². The summed E-state index contributed by atoms with van der Waals surface area (Å²) in [6.45, 7) is 3.84. The van der Waals surface area contributed by atoms with E-state index in [0.717, 1.165) is 30.4 Å². The first-order valence-corrected chi connectivity index (χ1v) is 5.27. The van der Waals surface area contributed by atoms with Gasteiger partial charge in [0.1, 0.15) is 11.5 Å². The van der Waals surface area contributed by atoms with Crippen LogP contribution in [0.4, 0.5) is 0 Å². The van der Waals surface area contributed by atoms with E-state index in [-0.39, 0.29) is 11.5 Å². The monoisotopic (exact) mass is 206 g/mol. The second kappa shape index (κ2) is 5.44. The van der Waals surface area contributed by atoms with Crippen LogP contribution in [0.25, 0.3) is 0 Å². The molecule has 0 bridgehead atoms. The van der Waals surface area contributed by atoms with Crippen LogP contribution in [0.2, 0.25) is 0 Å². The van der Waals surface area contributed by atoms with E-state index in [9.17, 15) is 10.2 Å². The van der Waals surface area contributed by atoms with Crippen molar-refractivity contribution >= 4 is 0 Å². The van der Waals surface area contributed by atoms with Crippen LogP contribution in [0.3, 0.4) is 0 Å². The van der Waals surface area contributed by atoms with Crippen molar-refractivity contribution in [2.24, 2.45) is 0 Å². The molecule has 1 aromatic rings. The predicted molar refractivity (Wildman–Crippen MR) is 62.3 cm³/mol. The van der Waals surface area contributed by atoms with E-state index in [2.05, 4.69) is 6.08 Å². The van der Waals surface area contributed by atoms with Crippen molar-refractivity contribution in [2.75, 3.05) is 0 Å². The number of aromatic hydroxyl groups is 2. The van der Waals surface area contributed by atoms with Gasteiger partial charge < -0.3 is 10.2 Å². The van der Waals surface area contributed by atoms with Gasteiger partial charge in [0.2, 0.25) is 0 Å². The van der Waals surface area contributed by atoms with Crippen molar-refractivity contribution < 1.29 is 10.2 Å². The largest absolute Gasteiger partial charge is 0.508 e. The maximum absolute atomic E-state index is 9.59.